The zero-order valence-electron chi connectivity index (χ0n) is 13.1. The van der Waals surface area contributed by atoms with Gasteiger partial charge in [-0.15, -0.1) is 0 Å². The summed E-state index contributed by atoms with van der Waals surface area (Å²) in [6, 6.07) is 10.8. The zero-order valence-corrected chi connectivity index (χ0v) is 13.8. The predicted molar refractivity (Wildman–Crippen MR) is 94.8 cm³/mol. The molecule has 1 aliphatic rings. The number of nitrogens with zero attached hydrogens (tertiary/aromatic N) is 2. The van der Waals surface area contributed by atoms with Crippen LogP contribution in [0.15, 0.2) is 42.6 Å². The van der Waals surface area contributed by atoms with E-state index in [1.807, 2.05) is 34.9 Å². The molecule has 0 amide bonds. The average Bonchev–Trinajstić information content (AvgIpc) is 3.21. The number of pyridine rings is 1. The molecule has 0 spiro atoms. The Labute approximate surface area is 144 Å². The number of fused-ring (bicyclic) bond motifs is 1. The Morgan fingerprint density at radius 3 is 2.83 bits per heavy atom. The number of phenolic OH excluding ortho intramolecular Hbond substituents is 1. The maximum atomic E-state index is 9.52. The van der Waals surface area contributed by atoms with E-state index in [-0.39, 0.29) is 11.9 Å². The first-order valence-electron chi connectivity index (χ1n) is 8.03. The molecule has 2 aromatic heterocycles. The van der Waals surface area contributed by atoms with Gasteiger partial charge in [0.25, 0.3) is 0 Å². The third-order valence-electron chi connectivity index (χ3n) is 4.24. The van der Waals surface area contributed by atoms with Crippen LogP contribution in [0.3, 0.4) is 0 Å². The number of rotatable bonds is 4. The van der Waals surface area contributed by atoms with Gasteiger partial charge in [0.15, 0.2) is 0 Å². The number of phenols is 1. The van der Waals surface area contributed by atoms with E-state index in [1.165, 1.54) is 0 Å². The number of hydrogen-bond donors (Lipinski definition) is 2. The van der Waals surface area contributed by atoms with Crippen LogP contribution in [0.1, 0.15) is 12.8 Å². The van der Waals surface area contributed by atoms with Crippen molar-refractivity contribution in [1.29, 1.82) is 0 Å². The highest BCUT2D eigenvalue weighted by Crippen LogP contribution is 2.31. The second-order valence-corrected chi connectivity index (χ2v) is 6.38. The van der Waals surface area contributed by atoms with Gasteiger partial charge in [-0.3, -0.25) is 4.40 Å². The number of anilines is 1. The van der Waals surface area contributed by atoms with Crippen LogP contribution in [-0.2, 0) is 4.74 Å². The Balaban J connectivity index is 1.75. The number of imidazole rings is 1. The number of halogens is 1. The number of hydrogen-bond acceptors (Lipinski definition) is 4. The van der Waals surface area contributed by atoms with Crippen LogP contribution < -0.4 is 5.32 Å². The fraction of sp³-hybridized carbons (Fsp3) is 0.278. The van der Waals surface area contributed by atoms with Crippen LogP contribution in [0.5, 0.6) is 5.75 Å². The van der Waals surface area contributed by atoms with Crippen LogP contribution >= 0.6 is 11.6 Å². The molecule has 6 heteroatoms. The lowest BCUT2D eigenvalue weighted by molar-refractivity contribution is 0.120. The molecule has 4 rings (SSSR count). The largest absolute Gasteiger partial charge is 0.508 e. The fourth-order valence-corrected chi connectivity index (χ4v) is 3.18. The number of aromatic nitrogens is 2. The van der Waals surface area contributed by atoms with E-state index < -0.39 is 0 Å². The maximum Gasteiger partial charge on any atom is 0.139 e. The summed E-state index contributed by atoms with van der Waals surface area (Å²) in [4.78, 5) is 4.72. The molecule has 1 aromatic carbocycles. The molecule has 0 unspecified atom stereocenters. The smallest absolute Gasteiger partial charge is 0.139 e. The minimum atomic E-state index is 0.224. The van der Waals surface area contributed by atoms with Crippen LogP contribution in [0.4, 0.5) is 5.82 Å². The Kier molecular flexibility index (Phi) is 4.04. The average molecular weight is 344 g/mol. The van der Waals surface area contributed by atoms with Crippen LogP contribution in [0.2, 0.25) is 5.02 Å². The van der Waals surface area contributed by atoms with Crippen molar-refractivity contribution in [3.8, 4) is 17.0 Å². The normalized spacial score (nSPS) is 17.5. The molecule has 5 nitrogen and oxygen atoms in total. The SMILES string of the molecule is Oc1ccc(-c2nc3ccc(Cl)cn3c2NC[C@@H]2CCCO2)cc1. The van der Waals surface area contributed by atoms with Gasteiger partial charge in [0.2, 0.25) is 0 Å². The molecule has 0 bridgehead atoms. The van der Waals surface area contributed by atoms with E-state index in [4.69, 9.17) is 21.3 Å². The molecule has 1 atom stereocenters. The van der Waals surface area contributed by atoms with Gasteiger partial charge in [-0.05, 0) is 49.2 Å². The maximum absolute atomic E-state index is 9.52. The van der Waals surface area contributed by atoms with Crippen molar-refractivity contribution in [2.24, 2.45) is 0 Å². The van der Waals surface area contributed by atoms with Crippen LogP contribution in [-0.4, -0.2) is 33.7 Å². The summed E-state index contributed by atoms with van der Waals surface area (Å²) < 4.78 is 7.65. The van der Waals surface area contributed by atoms with Crippen molar-refractivity contribution in [2.45, 2.75) is 18.9 Å². The first-order valence-corrected chi connectivity index (χ1v) is 8.41. The first-order chi connectivity index (χ1) is 11.7. The van der Waals surface area contributed by atoms with Crippen molar-refractivity contribution < 1.29 is 9.84 Å². The van der Waals surface area contributed by atoms with Crippen molar-refractivity contribution in [3.63, 3.8) is 0 Å². The lowest BCUT2D eigenvalue weighted by Crippen LogP contribution is -2.19. The molecule has 1 fully saturated rings. The van der Waals surface area contributed by atoms with E-state index in [0.717, 1.165) is 48.7 Å². The summed E-state index contributed by atoms with van der Waals surface area (Å²) in [5, 5.41) is 13.6. The molecule has 3 heterocycles. The third kappa shape index (κ3) is 2.92. The molecule has 0 radical (unpaired) electrons. The van der Waals surface area contributed by atoms with Gasteiger partial charge < -0.3 is 15.2 Å². The van der Waals surface area contributed by atoms with Crippen molar-refractivity contribution in [2.75, 3.05) is 18.5 Å². The summed E-state index contributed by atoms with van der Waals surface area (Å²) in [7, 11) is 0. The standard InChI is InChI=1S/C18H18ClN3O2/c19-13-5-8-16-21-17(12-3-6-14(23)7-4-12)18(22(16)11-13)20-10-15-2-1-9-24-15/h3-8,11,15,20,23H,1-2,9-10H2/t15-/m0/s1. The molecule has 1 saturated heterocycles. The minimum absolute atomic E-state index is 0.224. The highest BCUT2D eigenvalue weighted by Gasteiger charge is 2.19. The Morgan fingerprint density at radius 1 is 1.25 bits per heavy atom. The first kappa shape index (κ1) is 15.3. The van der Waals surface area contributed by atoms with Crippen molar-refractivity contribution in [1.82, 2.24) is 9.38 Å². The Hall–Kier alpha value is -2.24. The highest BCUT2D eigenvalue weighted by atomic mass is 35.5. The van der Waals surface area contributed by atoms with E-state index >= 15 is 0 Å². The van der Waals surface area contributed by atoms with E-state index in [1.54, 1.807) is 12.1 Å². The molecule has 1 aliphatic heterocycles. The fourth-order valence-electron chi connectivity index (χ4n) is 3.02. The second kappa shape index (κ2) is 6.34. The van der Waals surface area contributed by atoms with Gasteiger partial charge in [0.1, 0.15) is 22.9 Å². The lowest BCUT2D eigenvalue weighted by Gasteiger charge is -2.13. The van der Waals surface area contributed by atoms with E-state index in [2.05, 4.69) is 5.32 Å². The molecule has 3 aromatic rings. The molecule has 0 saturated carbocycles. The molecule has 0 aliphatic carbocycles. The van der Waals surface area contributed by atoms with Crippen molar-refractivity contribution in [3.05, 3.63) is 47.6 Å². The number of nitrogens with one attached hydrogen (secondary N) is 1. The predicted octanol–water partition coefficient (Wildman–Crippen LogP) is 3.95. The summed E-state index contributed by atoms with van der Waals surface area (Å²) >= 11 is 6.16. The monoisotopic (exact) mass is 343 g/mol. The summed E-state index contributed by atoms with van der Waals surface area (Å²) in [5.74, 6) is 1.12. The topological polar surface area (TPSA) is 58.8 Å². The summed E-state index contributed by atoms with van der Waals surface area (Å²) in [5.41, 5.74) is 2.58. The van der Waals surface area contributed by atoms with Crippen LogP contribution in [0, 0.1) is 0 Å². The van der Waals surface area contributed by atoms with Gasteiger partial charge in [-0.25, -0.2) is 4.98 Å². The van der Waals surface area contributed by atoms with Gasteiger partial charge >= 0.3 is 0 Å². The van der Waals surface area contributed by atoms with E-state index in [0.29, 0.717) is 5.02 Å². The number of aromatic hydroxyl groups is 1. The summed E-state index contributed by atoms with van der Waals surface area (Å²) in [6.07, 6.45) is 4.25. The number of benzene rings is 1. The van der Waals surface area contributed by atoms with Gasteiger partial charge in [0.05, 0.1) is 11.1 Å². The quantitative estimate of drug-likeness (QED) is 0.753. The molecular weight excluding hydrogens is 326 g/mol. The zero-order chi connectivity index (χ0) is 16.5. The van der Waals surface area contributed by atoms with E-state index in [9.17, 15) is 5.11 Å². The summed E-state index contributed by atoms with van der Waals surface area (Å²) in [6.45, 7) is 1.56. The Morgan fingerprint density at radius 2 is 2.08 bits per heavy atom. The van der Waals surface area contributed by atoms with Crippen molar-refractivity contribution >= 4 is 23.1 Å². The molecular formula is C18H18ClN3O2. The lowest BCUT2D eigenvalue weighted by atomic mass is 10.1. The number of ether oxygens (including phenoxy) is 1. The molecule has 24 heavy (non-hydrogen) atoms. The van der Waals surface area contributed by atoms with Crippen LogP contribution in [0.25, 0.3) is 16.9 Å². The molecule has 2 N–H and O–H groups in total. The molecule has 124 valence electrons. The van der Waals surface area contributed by atoms with Gasteiger partial charge in [-0.1, -0.05) is 11.6 Å². The second-order valence-electron chi connectivity index (χ2n) is 5.95. The van der Waals surface area contributed by atoms with Gasteiger partial charge in [0, 0.05) is 24.9 Å². The minimum Gasteiger partial charge on any atom is -0.508 e. The third-order valence-corrected chi connectivity index (χ3v) is 4.47. The highest BCUT2D eigenvalue weighted by molar-refractivity contribution is 6.30. The van der Waals surface area contributed by atoms with Gasteiger partial charge in [-0.2, -0.15) is 0 Å². The Bertz CT molecular complexity index is 855.